The summed E-state index contributed by atoms with van der Waals surface area (Å²) in [6, 6.07) is 25.0. The minimum Gasteiger partial charge on any atom is -0.450 e. The number of rotatable bonds is 6. The van der Waals surface area contributed by atoms with Gasteiger partial charge in [-0.2, -0.15) is 0 Å². The summed E-state index contributed by atoms with van der Waals surface area (Å²) in [5, 5.41) is 4.97. The van der Waals surface area contributed by atoms with Gasteiger partial charge in [-0.05, 0) is 72.8 Å². The molecular formula is C30H21ClN4O3S2. The van der Waals surface area contributed by atoms with Crippen LogP contribution < -0.4 is 20.2 Å². The lowest BCUT2D eigenvalue weighted by atomic mass is 9.95. The SMILES string of the molecule is CC1=C(C(=O)Nc2ccccc2)[C@@H](c2ccc(Cl)cc2)n2c(s/c(=C\c3ccc(Sc4ccccn4)o3)c2=O)=N1. The number of fused-ring (bicyclic) bond motifs is 1. The first-order chi connectivity index (χ1) is 19.5. The minimum absolute atomic E-state index is 0.267. The summed E-state index contributed by atoms with van der Waals surface area (Å²) in [6.45, 7) is 1.79. The highest BCUT2D eigenvalue weighted by Gasteiger charge is 2.32. The van der Waals surface area contributed by atoms with Crippen LogP contribution in [0.1, 0.15) is 24.3 Å². The first-order valence-electron chi connectivity index (χ1n) is 12.3. The number of amides is 1. The molecule has 0 spiro atoms. The molecular weight excluding hydrogens is 564 g/mol. The Hall–Kier alpha value is -4.18. The van der Waals surface area contributed by atoms with Gasteiger partial charge in [0.1, 0.15) is 10.8 Å². The van der Waals surface area contributed by atoms with Gasteiger partial charge in [0.25, 0.3) is 11.5 Å². The number of anilines is 1. The van der Waals surface area contributed by atoms with Crippen molar-refractivity contribution in [3.8, 4) is 0 Å². The average Bonchev–Trinajstić information content (AvgIpc) is 3.52. The molecule has 0 saturated heterocycles. The summed E-state index contributed by atoms with van der Waals surface area (Å²) in [6.07, 6.45) is 3.43. The lowest BCUT2D eigenvalue weighted by Crippen LogP contribution is -2.40. The summed E-state index contributed by atoms with van der Waals surface area (Å²) in [5.74, 6) is 0.202. The number of pyridine rings is 1. The number of allylic oxidation sites excluding steroid dienone is 1. The zero-order valence-electron chi connectivity index (χ0n) is 21.1. The topological polar surface area (TPSA) is 89.5 Å². The Morgan fingerprint density at radius 3 is 2.58 bits per heavy atom. The molecule has 0 aliphatic carbocycles. The van der Waals surface area contributed by atoms with Crippen molar-refractivity contribution in [1.29, 1.82) is 0 Å². The maximum Gasteiger partial charge on any atom is 0.271 e. The smallest absolute Gasteiger partial charge is 0.271 e. The zero-order valence-corrected chi connectivity index (χ0v) is 23.5. The van der Waals surface area contributed by atoms with Gasteiger partial charge in [-0.15, -0.1) is 0 Å². The summed E-state index contributed by atoms with van der Waals surface area (Å²) in [5.41, 5.74) is 2.05. The fourth-order valence-electron chi connectivity index (χ4n) is 4.40. The van der Waals surface area contributed by atoms with Gasteiger partial charge in [0, 0.05) is 23.0 Å². The molecule has 0 saturated carbocycles. The Morgan fingerprint density at radius 2 is 1.82 bits per heavy atom. The fraction of sp³-hybridized carbons (Fsp3) is 0.0667. The number of carbonyl (C=O) groups is 1. The van der Waals surface area contributed by atoms with Gasteiger partial charge in [0.2, 0.25) is 0 Å². The fourth-order valence-corrected chi connectivity index (χ4v) is 6.29. The van der Waals surface area contributed by atoms with Crippen LogP contribution in [0, 0.1) is 0 Å². The van der Waals surface area contributed by atoms with E-state index in [1.54, 1.807) is 35.9 Å². The Balaban J connectivity index is 1.41. The average molecular weight is 585 g/mol. The third-order valence-electron chi connectivity index (χ3n) is 6.20. The highest BCUT2D eigenvalue weighted by Crippen LogP contribution is 2.32. The zero-order chi connectivity index (χ0) is 27.6. The number of thiazole rings is 1. The molecule has 198 valence electrons. The van der Waals surface area contributed by atoms with Crippen LogP contribution in [0.3, 0.4) is 0 Å². The minimum atomic E-state index is -0.689. The van der Waals surface area contributed by atoms with E-state index in [1.807, 2.05) is 72.8 Å². The van der Waals surface area contributed by atoms with Crippen LogP contribution >= 0.6 is 34.7 Å². The Kier molecular flexibility index (Phi) is 7.25. The van der Waals surface area contributed by atoms with Crippen LogP contribution in [0.2, 0.25) is 5.02 Å². The number of nitrogens with zero attached hydrogens (tertiary/aromatic N) is 3. The van der Waals surface area contributed by atoms with E-state index in [1.165, 1.54) is 23.1 Å². The van der Waals surface area contributed by atoms with Crippen molar-refractivity contribution in [2.45, 2.75) is 23.1 Å². The molecule has 0 bridgehead atoms. The van der Waals surface area contributed by atoms with Gasteiger partial charge in [-0.3, -0.25) is 14.2 Å². The number of hydrogen-bond acceptors (Lipinski definition) is 7. The van der Waals surface area contributed by atoms with Crippen LogP contribution in [0.4, 0.5) is 5.69 Å². The Labute approximate surface area is 242 Å². The maximum absolute atomic E-state index is 13.8. The molecule has 0 radical (unpaired) electrons. The van der Waals surface area contributed by atoms with Crippen LogP contribution in [-0.4, -0.2) is 15.5 Å². The van der Waals surface area contributed by atoms with Crippen molar-refractivity contribution in [2.24, 2.45) is 4.99 Å². The van der Waals surface area contributed by atoms with Crippen LogP contribution in [-0.2, 0) is 4.79 Å². The molecule has 0 fully saturated rings. The normalized spacial score (nSPS) is 15.1. The number of furan rings is 1. The molecule has 5 aromatic rings. The number of carbonyl (C=O) groups excluding carboxylic acids is 1. The molecule has 1 atom stereocenters. The van der Waals surface area contributed by atoms with Gasteiger partial charge >= 0.3 is 0 Å². The van der Waals surface area contributed by atoms with E-state index in [2.05, 4.69) is 15.3 Å². The summed E-state index contributed by atoms with van der Waals surface area (Å²) in [4.78, 5) is 36.9. The molecule has 4 heterocycles. The van der Waals surface area contributed by atoms with Crippen LogP contribution in [0.5, 0.6) is 0 Å². The lowest BCUT2D eigenvalue weighted by Gasteiger charge is -2.25. The Bertz CT molecular complexity index is 1910. The van der Waals surface area contributed by atoms with E-state index < -0.39 is 6.04 Å². The predicted octanol–water partition coefficient (Wildman–Crippen LogP) is 5.67. The number of halogens is 1. The van der Waals surface area contributed by atoms with E-state index >= 15 is 0 Å². The number of aromatic nitrogens is 2. The van der Waals surface area contributed by atoms with Crippen molar-refractivity contribution in [2.75, 3.05) is 5.32 Å². The maximum atomic E-state index is 13.8. The third-order valence-corrected chi connectivity index (χ3v) is 8.31. The van der Waals surface area contributed by atoms with Crippen molar-refractivity contribution in [3.05, 3.63) is 138 Å². The van der Waals surface area contributed by atoms with E-state index in [0.717, 1.165) is 10.6 Å². The number of para-hydroxylation sites is 1. The van der Waals surface area contributed by atoms with Crippen LogP contribution in [0.15, 0.2) is 127 Å². The van der Waals surface area contributed by atoms with Crippen molar-refractivity contribution in [1.82, 2.24) is 9.55 Å². The van der Waals surface area contributed by atoms with E-state index in [0.29, 0.717) is 42.2 Å². The number of nitrogens with one attached hydrogen (secondary N) is 1. The molecule has 2 aromatic carbocycles. The first kappa shape index (κ1) is 26.1. The number of hydrogen-bond donors (Lipinski definition) is 1. The second-order valence-electron chi connectivity index (χ2n) is 8.88. The van der Waals surface area contributed by atoms with Crippen molar-refractivity contribution < 1.29 is 9.21 Å². The van der Waals surface area contributed by atoms with Gasteiger partial charge < -0.3 is 9.73 Å². The molecule has 1 N–H and O–H groups in total. The lowest BCUT2D eigenvalue weighted by molar-refractivity contribution is -0.113. The van der Waals surface area contributed by atoms with Crippen LogP contribution in [0.25, 0.3) is 6.08 Å². The first-order valence-corrected chi connectivity index (χ1v) is 14.3. The summed E-state index contributed by atoms with van der Waals surface area (Å²) in [7, 11) is 0. The molecule has 1 aliphatic rings. The molecule has 10 heteroatoms. The third kappa shape index (κ3) is 5.31. The monoisotopic (exact) mass is 584 g/mol. The standard InChI is InChI=1S/C30H21ClN4O3S2/c1-18-26(28(36)34-21-7-3-2-4-8-21)27(19-10-12-20(31)13-11-19)35-29(37)23(39-30(35)33-18)17-22-14-15-25(38-22)40-24-9-5-6-16-32-24/h2-17,27H,1H3,(H,34,36)/b23-17-/t27-/m1/s1. The molecule has 6 rings (SSSR count). The van der Waals surface area contributed by atoms with Gasteiger partial charge in [0.15, 0.2) is 9.89 Å². The van der Waals surface area contributed by atoms with E-state index in [-0.39, 0.29) is 11.5 Å². The Morgan fingerprint density at radius 1 is 1.05 bits per heavy atom. The largest absolute Gasteiger partial charge is 0.450 e. The second kappa shape index (κ2) is 11.1. The predicted molar refractivity (Wildman–Crippen MR) is 157 cm³/mol. The quantitative estimate of drug-likeness (QED) is 0.278. The van der Waals surface area contributed by atoms with Gasteiger partial charge in [-0.1, -0.05) is 59.3 Å². The highest BCUT2D eigenvalue weighted by atomic mass is 35.5. The summed E-state index contributed by atoms with van der Waals surface area (Å²) < 4.78 is 7.97. The van der Waals surface area contributed by atoms with Gasteiger partial charge in [0.05, 0.1) is 21.8 Å². The van der Waals surface area contributed by atoms with Crippen molar-refractivity contribution in [3.63, 3.8) is 0 Å². The second-order valence-corrected chi connectivity index (χ2v) is 11.4. The molecule has 3 aromatic heterocycles. The number of benzene rings is 2. The molecule has 1 amide bonds. The molecule has 7 nitrogen and oxygen atoms in total. The molecule has 1 aliphatic heterocycles. The van der Waals surface area contributed by atoms with Gasteiger partial charge in [-0.25, -0.2) is 9.98 Å². The van der Waals surface area contributed by atoms with E-state index in [4.69, 9.17) is 16.0 Å². The molecule has 0 unspecified atom stereocenters. The van der Waals surface area contributed by atoms with Crippen molar-refractivity contribution >= 4 is 52.4 Å². The van der Waals surface area contributed by atoms with E-state index in [9.17, 15) is 9.59 Å². The molecule has 40 heavy (non-hydrogen) atoms. The highest BCUT2D eigenvalue weighted by molar-refractivity contribution is 7.99. The summed E-state index contributed by atoms with van der Waals surface area (Å²) >= 11 is 8.81.